The molecule has 0 saturated carbocycles. The summed E-state index contributed by atoms with van der Waals surface area (Å²) in [7, 11) is 0. The van der Waals surface area contributed by atoms with Gasteiger partial charge in [-0.2, -0.15) is 4.98 Å². The Labute approximate surface area is 86.2 Å². The van der Waals surface area contributed by atoms with Crippen LogP contribution in [0.2, 0.25) is 0 Å². The fourth-order valence-corrected chi connectivity index (χ4v) is 1.29. The minimum Gasteiger partial charge on any atom is -0.407 e. The molecule has 78 valence electrons. The lowest BCUT2D eigenvalue weighted by Gasteiger charge is -2.02. The van der Waals surface area contributed by atoms with Gasteiger partial charge in [0.25, 0.3) is 0 Å². The molecule has 2 heterocycles. The van der Waals surface area contributed by atoms with Gasteiger partial charge in [-0.3, -0.25) is 0 Å². The molecule has 0 saturated heterocycles. The Balaban J connectivity index is 2.57. The summed E-state index contributed by atoms with van der Waals surface area (Å²) in [6, 6.07) is 0. The molecule has 0 amide bonds. The molecule has 2 aromatic heterocycles. The van der Waals surface area contributed by atoms with Gasteiger partial charge in [0.1, 0.15) is 0 Å². The van der Waals surface area contributed by atoms with Gasteiger partial charge in [0.05, 0.1) is 0 Å². The second-order valence-corrected chi connectivity index (χ2v) is 3.72. The van der Waals surface area contributed by atoms with Crippen LogP contribution in [0.4, 0.5) is 0 Å². The van der Waals surface area contributed by atoms with E-state index in [9.17, 15) is 4.79 Å². The summed E-state index contributed by atoms with van der Waals surface area (Å²) in [6.07, 6.45) is 3.58. The van der Waals surface area contributed by atoms with Gasteiger partial charge in [-0.15, -0.1) is 0 Å². The third-order valence-corrected chi connectivity index (χ3v) is 1.90. The average Bonchev–Trinajstić information content (AvgIpc) is 2.16. The highest BCUT2D eigenvalue weighted by molar-refractivity contribution is 5.66. The fourth-order valence-electron chi connectivity index (χ4n) is 1.29. The summed E-state index contributed by atoms with van der Waals surface area (Å²) >= 11 is 0. The summed E-state index contributed by atoms with van der Waals surface area (Å²) in [5, 5.41) is 0. The van der Waals surface area contributed by atoms with Crippen molar-refractivity contribution in [3.05, 3.63) is 28.7 Å². The molecule has 2 aromatic rings. The van der Waals surface area contributed by atoms with Crippen molar-refractivity contribution in [1.29, 1.82) is 0 Å². The number of rotatable bonds is 2. The van der Waals surface area contributed by atoms with E-state index in [4.69, 9.17) is 4.42 Å². The van der Waals surface area contributed by atoms with E-state index in [1.54, 1.807) is 0 Å². The lowest BCUT2D eigenvalue weighted by Crippen LogP contribution is -2.09. The zero-order chi connectivity index (χ0) is 10.8. The third-order valence-electron chi connectivity index (χ3n) is 1.90. The van der Waals surface area contributed by atoms with Crippen LogP contribution in [0.1, 0.15) is 19.7 Å². The molecule has 0 aliphatic carbocycles. The molecule has 0 spiro atoms. The van der Waals surface area contributed by atoms with Gasteiger partial charge in [-0.05, 0) is 5.92 Å². The summed E-state index contributed by atoms with van der Waals surface area (Å²) in [6.45, 7) is 4.06. The lowest BCUT2D eigenvalue weighted by atomic mass is 10.1. The van der Waals surface area contributed by atoms with E-state index < -0.39 is 5.63 Å². The van der Waals surface area contributed by atoms with Crippen LogP contribution < -0.4 is 5.63 Å². The van der Waals surface area contributed by atoms with Gasteiger partial charge >= 0.3 is 5.63 Å². The number of nitrogens with zero attached hydrogens (tertiary/aromatic N) is 3. The second kappa shape index (κ2) is 3.76. The normalized spacial score (nSPS) is 11.1. The van der Waals surface area contributed by atoms with Crippen molar-refractivity contribution in [2.45, 2.75) is 20.3 Å². The third kappa shape index (κ3) is 2.01. The highest BCUT2D eigenvalue weighted by Gasteiger charge is 2.08. The molecule has 0 bridgehead atoms. The lowest BCUT2D eigenvalue weighted by molar-refractivity contribution is 0.415. The number of fused-ring (bicyclic) bond motifs is 1. The van der Waals surface area contributed by atoms with Crippen molar-refractivity contribution in [3.63, 3.8) is 0 Å². The van der Waals surface area contributed by atoms with E-state index in [-0.39, 0.29) is 5.52 Å². The van der Waals surface area contributed by atoms with Gasteiger partial charge in [0.15, 0.2) is 11.2 Å². The quantitative estimate of drug-likeness (QED) is 0.736. The Morgan fingerprint density at radius 1 is 1.33 bits per heavy atom. The Hall–Kier alpha value is -1.78. The summed E-state index contributed by atoms with van der Waals surface area (Å²) in [5.74, 6) is 0.803. The maximum absolute atomic E-state index is 11.5. The maximum atomic E-state index is 11.5. The first-order chi connectivity index (χ1) is 7.16. The highest BCUT2D eigenvalue weighted by Crippen LogP contribution is 2.06. The Bertz CT molecular complexity index is 533. The van der Waals surface area contributed by atoms with Gasteiger partial charge in [-0.25, -0.2) is 14.8 Å². The van der Waals surface area contributed by atoms with E-state index >= 15 is 0 Å². The van der Waals surface area contributed by atoms with Crippen LogP contribution in [0.3, 0.4) is 0 Å². The molecular formula is C10H11N3O2. The largest absolute Gasteiger partial charge is 0.407 e. The Morgan fingerprint density at radius 2 is 2.07 bits per heavy atom. The Morgan fingerprint density at radius 3 is 2.80 bits per heavy atom. The van der Waals surface area contributed by atoms with E-state index in [1.807, 2.05) is 13.8 Å². The minimum absolute atomic E-state index is 0.185. The molecular weight excluding hydrogens is 194 g/mol. The molecule has 0 aromatic carbocycles. The Kier molecular flexibility index (Phi) is 2.45. The molecule has 5 nitrogen and oxygen atoms in total. The first-order valence-electron chi connectivity index (χ1n) is 4.77. The van der Waals surface area contributed by atoms with Crippen molar-refractivity contribution in [2.24, 2.45) is 5.92 Å². The first-order valence-corrected chi connectivity index (χ1v) is 4.77. The molecule has 0 N–H and O–H groups in total. The average molecular weight is 205 g/mol. The summed E-state index contributed by atoms with van der Waals surface area (Å²) < 4.78 is 5.03. The standard InChI is InChI=1S/C10H11N3O2/c1-6(2)5-7-13-9-8(10(14)15-7)11-3-4-12-9/h3-4,6H,5H2,1-2H3. The molecule has 5 heteroatoms. The van der Waals surface area contributed by atoms with E-state index in [1.165, 1.54) is 12.4 Å². The SMILES string of the molecule is CC(C)Cc1nc2nccnc2c(=O)o1. The van der Waals surface area contributed by atoms with Gasteiger partial charge in [-0.1, -0.05) is 13.8 Å². The van der Waals surface area contributed by atoms with Crippen LogP contribution >= 0.6 is 0 Å². The second-order valence-electron chi connectivity index (χ2n) is 3.72. The first kappa shape index (κ1) is 9.76. The van der Waals surface area contributed by atoms with Crippen molar-refractivity contribution in [2.75, 3.05) is 0 Å². The molecule has 0 aliphatic heterocycles. The number of hydrogen-bond acceptors (Lipinski definition) is 5. The zero-order valence-corrected chi connectivity index (χ0v) is 8.60. The molecule has 0 aliphatic rings. The number of aromatic nitrogens is 3. The van der Waals surface area contributed by atoms with E-state index in [0.717, 1.165) is 0 Å². The topological polar surface area (TPSA) is 68.9 Å². The van der Waals surface area contributed by atoms with E-state index in [2.05, 4.69) is 15.0 Å². The van der Waals surface area contributed by atoms with Crippen LogP contribution in [-0.4, -0.2) is 15.0 Å². The van der Waals surface area contributed by atoms with Crippen LogP contribution in [0.15, 0.2) is 21.6 Å². The summed E-state index contributed by atoms with van der Waals surface area (Å²) in [5.41, 5.74) is 0.0677. The van der Waals surface area contributed by atoms with Gasteiger partial charge in [0.2, 0.25) is 5.89 Å². The van der Waals surface area contributed by atoms with Crippen molar-refractivity contribution in [1.82, 2.24) is 15.0 Å². The predicted molar refractivity (Wildman–Crippen MR) is 54.4 cm³/mol. The number of hydrogen-bond donors (Lipinski definition) is 0. The molecule has 0 radical (unpaired) electrons. The van der Waals surface area contributed by atoms with Crippen molar-refractivity contribution < 1.29 is 4.42 Å². The summed E-state index contributed by atoms with van der Waals surface area (Å²) in [4.78, 5) is 23.5. The van der Waals surface area contributed by atoms with Crippen LogP contribution in [0.25, 0.3) is 11.2 Å². The van der Waals surface area contributed by atoms with Gasteiger partial charge < -0.3 is 4.42 Å². The molecule has 0 atom stereocenters. The minimum atomic E-state index is -0.469. The molecule has 0 fully saturated rings. The monoisotopic (exact) mass is 205 g/mol. The van der Waals surface area contributed by atoms with Crippen molar-refractivity contribution >= 4 is 11.2 Å². The fraction of sp³-hybridized carbons (Fsp3) is 0.400. The van der Waals surface area contributed by atoms with Crippen LogP contribution in [-0.2, 0) is 6.42 Å². The predicted octanol–water partition coefficient (Wildman–Crippen LogP) is 1.18. The smallest absolute Gasteiger partial charge is 0.367 e. The molecule has 0 unspecified atom stereocenters. The maximum Gasteiger partial charge on any atom is 0.367 e. The van der Waals surface area contributed by atoms with Crippen LogP contribution in [0, 0.1) is 5.92 Å². The van der Waals surface area contributed by atoms with E-state index in [0.29, 0.717) is 23.9 Å². The van der Waals surface area contributed by atoms with Gasteiger partial charge in [0, 0.05) is 18.8 Å². The highest BCUT2D eigenvalue weighted by atomic mass is 16.4. The van der Waals surface area contributed by atoms with Crippen LogP contribution in [0.5, 0.6) is 0 Å². The zero-order valence-electron chi connectivity index (χ0n) is 8.60. The molecule has 15 heavy (non-hydrogen) atoms. The van der Waals surface area contributed by atoms with Crippen molar-refractivity contribution in [3.8, 4) is 0 Å². The molecule has 2 rings (SSSR count).